The van der Waals surface area contributed by atoms with E-state index in [1.165, 1.54) is 55.6 Å². The molecule has 3 heterocycles. The van der Waals surface area contributed by atoms with Crippen LogP contribution in [0.25, 0.3) is 22.3 Å². The smallest absolute Gasteiger partial charge is 0.0819 e. The van der Waals surface area contributed by atoms with Crippen LogP contribution in [0.3, 0.4) is 0 Å². The highest BCUT2D eigenvalue weighted by atomic mass is 14.9. The van der Waals surface area contributed by atoms with Crippen molar-refractivity contribution in [1.82, 2.24) is 9.97 Å². The van der Waals surface area contributed by atoms with Crippen molar-refractivity contribution in [3.8, 4) is 22.3 Å². The summed E-state index contributed by atoms with van der Waals surface area (Å²) in [6.45, 7) is 0. The Labute approximate surface area is 314 Å². The zero-order valence-electron chi connectivity index (χ0n) is 29.3. The Morgan fingerprint density at radius 3 is 1.20 bits per heavy atom. The van der Waals surface area contributed by atoms with Crippen LogP contribution in [0.5, 0.6) is 0 Å². The van der Waals surface area contributed by atoms with Crippen molar-refractivity contribution < 1.29 is 0 Å². The van der Waals surface area contributed by atoms with E-state index in [1.807, 2.05) is 36.9 Å². The van der Waals surface area contributed by atoms with Gasteiger partial charge in [0, 0.05) is 58.9 Å². The topological polar surface area (TPSA) is 50.5 Å². The Morgan fingerprint density at radius 1 is 0.333 bits per heavy atom. The summed E-state index contributed by atoms with van der Waals surface area (Å²) in [5.74, 6) is 0.262. The molecule has 11 rings (SSSR count). The lowest BCUT2D eigenvalue weighted by atomic mass is 9.87. The molecule has 2 aliphatic carbocycles. The summed E-state index contributed by atoms with van der Waals surface area (Å²) in [6.07, 6.45) is 7.45. The molecule has 0 N–H and O–H groups in total. The van der Waals surface area contributed by atoms with Gasteiger partial charge < -0.3 is 0 Å². The van der Waals surface area contributed by atoms with E-state index in [1.54, 1.807) is 0 Å². The van der Waals surface area contributed by atoms with E-state index in [2.05, 4.69) is 156 Å². The van der Waals surface area contributed by atoms with Crippen LogP contribution in [0.4, 0.5) is 11.4 Å². The second-order valence-electron chi connectivity index (χ2n) is 14.2. The van der Waals surface area contributed by atoms with E-state index in [0.717, 1.165) is 45.1 Å². The van der Waals surface area contributed by atoms with Gasteiger partial charge in [0.05, 0.1) is 22.8 Å². The fraction of sp³-hybridized carbons (Fsp3) is 0.0400. The number of benzene rings is 6. The molecule has 1 aliphatic heterocycles. The van der Waals surface area contributed by atoms with Gasteiger partial charge in [-0.15, -0.1) is 0 Å². The average Bonchev–Trinajstić information content (AvgIpc) is 3.74. The molecule has 0 saturated carbocycles. The molecule has 0 fully saturated rings. The summed E-state index contributed by atoms with van der Waals surface area (Å²) in [6, 6.07) is 56.7. The molecule has 0 radical (unpaired) electrons. The number of aromatic nitrogens is 2. The first-order valence-corrected chi connectivity index (χ1v) is 18.4. The van der Waals surface area contributed by atoms with Crippen LogP contribution in [0.15, 0.2) is 192 Å². The van der Waals surface area contributed by atoms with E-state index < -0.39 is 0 Å². The molecule has 4 heteroatoms. The summed E-state index contributed by atoms with van der Waals surface area (Å²) in [5.41, 5.74) is 20.0. The molecular weight excluding hydrogens is 657 g/mol. The fourth-order valence-electron chi connectivity index (χ4n) is 8.86. The second-order valence-corrected chi connectivity index (χ2v) is 14.2. The monoisotopic (exact) mass is 688 g/mol. The molecule has 0 saturated heterocycles. The lowest BCUT2D eigenvalue weighted by Crippen LogP contribution is -2.12. The summed E-state index contributed by atoms with van der Waals surface area (Å²) in [5, 5.41) is 0. The number of pyridine rings is 2. The Hall–Kier alpha value is -7.04. The highest BCUT2D eigenvalue weighted by molar-refractivity contribution is 6.22. The summed E-state index contributed by atoms with van der Waals surface area (Å²) < 4.78 is 0. The molecule has 2 unspecified atom stereocenters. The van der Waals surface area contributed by atoms with Crippen molar-refractivity contribution in [2.45, 2.75) is 11.8 Å². The summed E-state index contributed by atoms with van der Waals surface area (Å²) in [7, 11) is 0. The van der Waals surface area contributed by atoms with Crippen LogP contribution >= 0.6 is 0 Å². The predicted molar refractivity (Wildman–Crippen MR) is 218 cm³/mol. The Morgan fingerprint density at radius 2 is 0.741 bits per heavy atom. The Kier molecular flexibility index (Phi) is 6.96. The van der Waals surface area contributed by atoms with Crippen molar-refractivity contribution >= 4 is 22.8 Å². The maximum Gasteiger partial charge on any atom is 0.0819 e. The fourth-order valence-corrected chi connectivity index (χ4v) is 8.86. The van der Waals surface area contributed by atoms with Gasteiger partial charge in [-0.25, -0.2) is 9.98 Å². The molecule has 252 valence electrons. The molecule has 4 nitrogen and oxygen atoms in total. The number of fused-ring (bicyclic) bond motifs is 8. The number of aliphatic imine (C=N–C) groups is 2. The number of hydrogen-bond acceptors (Lipinski definition) is 4. The summed E-state index contributed by atoms with van der Waals surface area (Å²) >= 11 is 0. The first-order chi connectivity index (χ1) is 26.8. The minimum atomic E-state index is 0.131. The van der Waals surface area contributed by atoms with Crippen LogP contribution in [-0.2, 0) is 0 Å². The highest BCUT2D eigenvalue weighted by Gasteiger charge is 2.33. The number of nitrogens with zero attached hydrogens (tertiary/aromatic N) is 4. The molecule has 0 amide bonds. The molecule has 0 bridgehead atoms. The van der Waals surface area contributed by atoms with E-state index in [-0.39, 0.29) is 11.8 Å². The Bertz CT molecular complexity index is 2640. The lowest BCUT2D eigenvalue weighted by Gasteiger charge is -2.20. The van der Waals surface area contributed by atoms with E-state index in [4.69, 9.17) is 9.98 Å². The molecular formula is C50H32N4. The van der Waals surface area contributed by atoms with Gasteiger partial charge in [-0.05, 0) is 79.9 Å². The van der Waals surface area contributed by atoms with Crippen LogP contribution in [0.1, 0.15) is 67.5 Å². The third-order valence-corrected chi connectivity index (χ3v) is 11.2. The SMILES string of the molecule is c1ccc(C2c3ccccc3-c3ccc(C4=Nc5ccncc5C(c5ccc6c(c5)C(c5ccccc5)c5ccccc5-6)=Nc5ccncc54)cc32)cc1. The van der Waals surface area contributed by atoms with Crippen LogP contribution < -0.4 is 0 Å². The third-order valence-electron chi connectivity index (χ3n) is 11.2. The number of rotatable bonds is 4. The van der Waals surface area contributed by atoms with Crippen molar-refractivity contribution in [2.75, 3.05) is 0 Å². The van der Waals surface area contributed by atoms with Gasteiger partial charge in [-0.1, -0.05) is 133 Å². The van der Waals surface area contributed by atoms with E-state index in [0.29, 0.717) is 0 Å². The number of hydrogen-bond donors (Lipinski definition) is 0. The molecule has 0 spiro atoms. The molecule has 54 heavy (non-hydrogen) atoms. The quantitative estimate of drug-likeness (QED) is 0.185. The standard InChI is InChI=1S/C50H32N4/c1-3-11-31(12-4-1)47-39-17-9-7-15-35(39)37-21-19-33(27-41(37)47)49-43-29-51-25-23-45(43)54-50(44-30-52-26-24-46(44)53-49)34-20-22-38-36-16-8-10-18-40(36)48(42(38)28-34)32-13-5-2-6-14-32/h1-30,47-48H. The zero-order valence-corrected chi connectivity index (χ0v) is 29.3. The molecule has 2 atom stereocenters. The first-order valence-electron chi connectivity index (χ1n) is 18.4. The maximum absolute atomic E-state index is 5.48. The van der Waals surface area contributed by atoms with Crippen molar-refractivity contribution in [3.05, 3.63) is 238 Å². The predicted octanol–water partition coefficient (Wildman–Crippen LogP) is 11.4. The van der Waals surface area contributed by atoms with Gasteiger partial charge in [0.2, 0.25) is 0 Å². The normalized spacial score (nSPS) is 16.0. The maximum atomic E-state index is 5.48. The van der Waals surface area contributed by atoms with Crippen LogP contribution in [0.2, 0.25) is 0 Å². The highest BCUT2D eigenvalue weighted by Crippen LogP contribution is 2.50. The zero-order chi connectivity index (χ0) is 35.6. The minimum Gasteiger partial charge on any atom is -0.264 e. The summed E-state index contributed by atoms with van der Waals surface area (Å²) in [4.78, 5) is 20.2. The van der Waals surface area contributed by atoms with Gasteiger partial charge in [0.15, 0.2) is 0 Å². The average molecular weight is 689 g/mol. The largest absolute Gasteiger partial charge is 0.264 e. The van der Waals surface area contributed by atoms with Gasteiger partial charge >= 0.3 is 0 Å². The van der Waals surface area contributed by atoms with Crippen LogP contribution in [-0.4, -0.2) is 21.4 Å². The molecule has 3 aliphatic rings. The van der Waals surface area contributed by atoms with Crippen molar-refractivity contribution in [3.63, 3.8) is 0 Å². The van der Waals surface area contributed by atoms with Crippen LogP contribution in [0, 0.1) is 0 Å². The van der Waals surface area contributed by atoms with Crippen molar-refractivity contribution in [2.24, 2.45) is 9.98 Å². The third kappa shape index (κ3) is 4.77. The van der Waals surface area contributed by atoms with E-state index >= 15 is 0 Å². The van der Waals surface area contributed by atoms with Gasteiger partial charge in [-0.3, -0.25) is 9.97 Å². The van der Waals surface area contributed by atoms with Crippen molar-refractivity contribution in [1.29, 1.82) is 0 Å². The Balaban J connectivity index is 1.08. The lowest BCUT2D eigenvalue weighted by molar-refractivity contribution is 1.01. The first kappa shape index (κ1) is 30.6. The molecule has 2 aromatic heterocycles. The van der Waals surface area contributed by atoms with Gasteiger partial charge in [-0.2, -0.15) is 0 Å². The molecule has 8 aromatic rings. The van der Waals surface area contributed by atoms with E-state index in [9.17, 15) is 0 Å². The second kappa shape index (κ2) is 12.3. The van der Waals surface area contributed by atoms with Gasteiger partial charge in [0.1, 0.15) is 0 Å². The molecule has 6 aromatic carbocycles. The minimum absolute atomic E-state index is 0.131. The van der Waals surface area contributed by atoms with Gasteiger partial charge in [0.25, 0.3) is 0 Å².